The second-order valence-corrected chi connectivity index (χ2v) is 6.40. The number of azide groups is 1. The fraction of sp³-hybridized carbons (Fsp3) is 0.846. The Bertz CT molecular complexity index is 443. The average Bonchev–Trinajstić information content (AvgIpc) is 2.68. The van der Waals surface area contributed by atoms with Gasteiger partial charge in [0.25, 0.3) is 0 Å². The number of imide groups is 1. The molecule has 7 nitrogen and oxygen atoms in total. The fourth-order valence-corrected chi connectivity index (χ4v) is 2.47. The van der Waals surface area contributed by atoms with Gasteiger partial charge in [-0.1, -0.05) is 5.11 Å². The molecule has 2 atom stereocenters. The van der Waals surface area contributed by atoms with Gasteiger partial charge in [-0.3, -0.25) is 4.79 Å². The molecule has 0 aromatic rings. The van der Waals surface area contributed by atoms with E-state index in [9.17, 15) is 9.59 Å². The summed E-state index contributed by atoms with van der Waals surface area (Å²) in [6, 6.07) is -0.441. The third-order valence-electron chi connectivity index (χ3n) is 3.14. The highest BCUT2D eigenvalue weighted by molar-refractivity contribution is 6.17. The number of ether oxygens (including phenoxy) is 1. The molecular weight excluding hydrogens is 296 g/mol. The predicted octanol–water partition coefficient (Wildman–Crippen LogP) is 3.47. The van der Waals surface area contributed by atoms with Crippen LogP contribution in [0.2, 0.25) is 0 Å². The molecule has 1 heterocycles. The first kappa shape index (κ1) is 17.6. The van der Waals surface area contributed by atoms with Gasteiger partial charge in [-0.2, -0.15) is 0 Å². The zero-order valence-electron chi connectivity index (χ0n) is 12.6. The zero-order valence-corrected chi connectivity index (χ0v) is 13.3. The minimum atomic E-state index is -0.686. The van der Waals surface area contributed by atoms with Crippen molar-refractivity contribution in [2.24, 2.45) is 11.0 Å². The maximum atomic E-state index is 12.4. The maximum Gasteiger partial charge on any atom is 0.417 e. The van der Waals surface area contributed by atoms with Gasteiger partial charge in [0.1, 0.15) is 5.60 Å². The van der Waals surface area contributed by atoms with Gasteiger partial charge in [0.15, 0.2) is 0 Å². The summed E-state index contributed by atoms with van der Waals surface area (Å²) >= 11 is 5.65. The number of hydrogen-bond donors (Lipinski definition) is 0. The number of carbonyl (C=O) groups is 2. The molecule has 1 fully saturated rings. The van der Waals surface area contributed by atoms with E-state index in [4.69, 9.17) is 21.9 Å². The van der Waals surface area contributed by atoms with Crippen LogP contribution in [0.5, 0.6) is 0 Å². The number of amides is 2. The number of rotatable bonds is 5. The standard InChI is InChI=1S/C13H21ClN4O3/c1-13(2,3)21-12(20)18-10(8-16-17-15)7-9(11(18)19)5-4-6-14/h9-10H,4-8H2,1-3H3. The molecule has 0 N–H and O–H groups in total. The van der Waals surface area contributed by atoms with Crippen LogP contribution in [0.15, 0.2) is 5.11 Å². The average molecular weight is 317 g/mol. The molecule has 118 valence electrons. The van der Waals surface area contributed by atoms with Crippen molar-refractivity contribution >= 4 is 23.6 Å². The van der Waals surface area contributed by atoms with E-state index in [1.54, 1.807) is 20.8 Å². The van der Waals surface area contributed by atoms with Gasteiger partial charge in [0.05, 0.1) is 0 Å². The lowest BCUT2D eigenvalue weighted by Crippen LogP contribution is -2.43. The highest BCUT2D eigenvalue weighted by Gasteiger charge is 2.43. The van der Waals surface area contributed by atoms with Crippen molar-refractivity contribution in [2.45, 2.75) is 51.7 Å². The van der Waals surface area contributed by atoms with E-state index in [2.05, 4.69) is 10.0 Å². The normalized spacial score (nSPS) is 22.1. The van der Waals surface area contributed by atoms with Gasteiger partial charge in [0, 0.05) is 29.3 Å². The Kier molecular flexibility index (Phi) is 6.30. The van der Waals surface area contributed by atoms with E-state index in [-0.39, 0.29) is 18.4 Å². The maximum absolute atomic E-state index is 12.4. The van der Waals surface area contributed by atoms with Gasteiger partial charge in [-0.05, 0) is 45.6 Å². The van der Waals surface area contributed by atoms with E-state index >= 15 is 0 Å². The summed E-state index contributed by atoms with van der Waals surface area (Å²) < 4.78 is 5.26. The summed E-state index contributed by atoms with van der Waals surface area (Å²) in [5, 5.41) is 3.48. The van der Waals surface area contributed by atoms with Crippen molar-refractivity contribution in [3.63, 3.8) is 0 Å². The summed E-state index contributed by atoms with van der Waals surface area (Å²) in [7, 11) is 0. The Labute approximate surface area is 129 Å². The Hall–Kier alpha value is -1.46. The minimum Gasteiger partial charge on any atom is -0.443 e. The van der Waals surface area contributed by atoms with Crippen LogP contribution in [0.1, 0.15) is 40.0 Å². The van der Waals surface area contributed by atoms with Crippen LogP contribution in [0, 0.1) is 5.92 Å². The first-order valence-corrected chi connectivity index (χ1v) is 7.46. The van der Waals surface area contributed by atoms with Crippen molar-refractivity contribution in [1.29, 1.82) is 0 Å². The molecule has 21 heavy (non-hydrogen) atoms. The molecule has 0 radical (unpaired) electrons. The molecule has 0 aromatic heterocycles. The predicted molar refractivity (Wildman–Crippen MR) is 78.9 cm³/mol. The molecule has 0 bridgehead atoms. The van der Waals surface area contributed by atoms with Gasteiger partial charge in [0.2, 0.25) is 5.91 Å². The van der Waals surface area contributed by atoms with Crippen molar-refractivity contribution in [3.05, 3.63) is 10.4 Å². The fourth-order valence-electron chi connectivity index (χ4n) is 2.31. The van der Waals surface area contributed by atoms with E-state index in [1.807, 2.05) is 0 Å². The monoisotopic (exact) mass is 316 g/mol. The SMILES string of the molecule is CC(C)(C)OC(=O)N1C(=O)C(CCCCl)CC1CN=[N+]=[N-]. The van der Waals surface area contributed by atoms with Crippen LogP contribution >= 0.6 is 11.6 Å². The van der Waals surface area contributed by atoms with Crippen LogP contribution < -0.4 is 0 Å². The minimum absolute atomic E-state index is 0.0683. The summed E-state index contributed by atoms with van der Waals surface area (Å²) in [4.78, 5) is 28.3. The number of nitrogens with zero attached hydrogens (tertiary/aromatic N) is 4. The summed E-state index contributed by atoms with van der Waals surface area (Å²) in [6.07, 6.45) is 1.12. The van der Waals surface area contributed by atoms with E-state index in [0.29, 0.717) is 25.1 Å². The molecule has 1 aliphatic rings. The molecule has 8 heteroatoms. The molecule has 2 amide bonds. The van der Waals surface area contributed by atoms with Crippen molar-refractivity contribution < 1.29 is 14.3 Å². The quantitative estimate of drug-likeness (QED) is 0.336. The third kappa shape index (κ3) is 5.10. The number of likely N-dealkylation sites (tertiary alicyclic amines) is 1. The molecule has 0 aromatic carbocycles. The smallest absolute Gasteiger partial charge is 0.417 e. The molecule has 0 aliphatic carbocycles. The number of hydrogen-bond acceptors (Lipinski definition) is 4. The molecular formula is C13H21ClN4O3. The highest BCUT2D eigenvalue weighted by Crippen LogP contribution is 2.30. The first-order chi connectivity index (χ1) is 9.80. The van der Waals surface area contributed by atoms with Crippen molar-refractivity contribution in [3.8, 4) is 0 Å². The van der Waals surface area contributed by atoms with Crippen molar-refractivity contribution in [2.75, 3.05) is 12.4 Å². The van der Waals surface area contributed by atoms with Crippen LogP contribution in [0.4, 0.5) is 4.79 Å². The molecule has 1 aliphatic heterocycles. The molecule has 1 saturated heterocycles. The lowest BCUT2D eigenvalue weighted by Gasteiger charge is -2.26. The van der Waals surface area contributed by atoms with Crippen LogP contribution in [-0.2, 0) is 9.53 Å². The van der Waals surface area contributed by atoms with E-state index < -0.39 is 17.7 Å². The highest BCUT2D eigenvalue weighted by atomic mass is 35.5. The largest absolute Gasteiger partial charge is 0.443 e. The number of alkyl halides is 1. The lowest BCUT2D eigenvalue weighted by molar-refractivity contribution is -0.131. The topological polar surface area (TPSA) is 95.4 Å². The van der Waals surface area contributed by atoms with Gasteiger partial charge < -0.3 is 4.74 Å². The number of halogens is 1. The van der Waals surface area contributed by atoms with Crippen molar-refractivity contribution in [1.82, 2.24) is 4.90 Å². The second-order valence-electron chi connectivity index (χ2n) is 6.02. The molecule has 2 unspecified atom stereocenters. The molecule has 0 saturated carbocycles. The van der Waals surface area contributed by atoms with Crippen LogP contribution in [-0.4, -0.2) is 41.0 Å². The Morgan fingerprint density at radius 3 is 2.76 bits per heavy atom. The Morgan fingerprint density at radius 1 is 1.57 bits per heavy atom. The van der Waals surface area contributed by atoms with Gasteiger partial charge >= 0.3 is 6.09 Å². The summed E-state index contributed by atoms with van der Waals surface area (Å²) in [6.45, 7) is 5.27. The lowest BCUT2D eigenvalue weighted by atomic mass is 10.00. The Morgan fingerprint density at radius 2 is 2.24 bits per heavy atom. The van der Waals surface area contributed by atoms with Gasteiger partial charge in [-0.15, -0.1) is 11.6 Å². The Balaban J connectivity index is 2.86. The summed E-state index contributed by atoms with van der Waals surface area (Å²) in [5.74, 6) is -0.0697. The first-order valence-electron chi connectivity index (χ1n) is 6.93. The van der Waals surface area contributed by atoms with Crippen LogP contribution in [0.25, 0.3) is 10.4 Å². The van der Waals surface area contributed by atoms with E-state index in [0.717, 1.165) is 4.90 Å². The second kappa shape index (κ2) is 7.52. The van der Waals surface area contributed by atoms with E-state index in [1.165, 1.54) is 0 Å². The van der Waals surface area contributed by atoms with Gasteiger partial charge in [-0.25, -0.2) is 9.69 Å². The number of carbonyl (C=O) groups excluding carboxylic acids is 2. The third-order valence-corrected chi connectivity index (χ3v) is 3.41. The molecule has 0 spiro atoms. The van der Waals surface area contributed by atoms with Crippen LogP contribution in [0.3, 0.4) is 0 Å². The zero-order chi connectivity index (χ0) is 16.0. The summed E-state index contributed by atoms with van der Waals surface area (Å²) in [5.41, 5.74) is 7.75. The molecule has 1 rings (SSSR count).